The molecule has 0 saturated carbocycles. The summed E-state index contributed by atoms with van der Waals surface area (Å²) >= 11 is 0. The minimum Gasteiger partial charge on any atom is -0.455 e. The van der Waals surface area contributed by atoms with Crippen LogP contribution in [0.5, 0.6) is 0 Å². The molecule has 0 N–H and O–H groups in total. The van der Waals surface area contributed by atoms with Gasteiger partial charge in [0.1, 0.15) is 22.3 Å². The Balaban J connectivity index is 0.000000142. The lowest BCUT2D eigenvalue weighted by Crippen LogP contribution is -2.14. The zero-order chi connectivity index (χ0) is 75.1. The number of furan rings is 2. The molecule has 4 heterocycles. The number of aromatic nitrogens is 6. The van der Waals surface area contributed by atoms with Gasteiger partial charge in [0.05, 0.1) is 11.1 Å². The number of nitrogens with zero attached hydrogens (tertiary/aromatic N) is 6. The van der Waals surface area contributed by atoms with Crippen molar-refractivity contribution < 1.29 is 8.83 Å². The maximum atomic E-state index is 7.06. The third kappa shape index (κ3) is 11.9. The van der Waals surface area contributed by atoms with Gasteiger partial charge in [-0.3, -0.25) is 0 Å². The van der Waals surface area contributed by atoms with E-state index < -0.39 is 0 Å². The number of hydrogen-bond acceptors (Lipinski definition) is 8. The quantitative estimate of drug-likeness (QED) is 0.126. The van der Waals surface area contributed by atoms with Gasteiger partial charge in [0, 0.05) is 54.8 Å². The molecule has 1 aliphatic rings. The van der Waals surface area contributed by atoms with Gasteiger partial charge in [-0.1, -0.05) is 341 Å². The molecule has 0 radical (unpaired) electrons. The van der Waals surface area contributed by atoms with Crippen LogP contribution in [0.15, 0.2) is 385 Å². The van der Waals surface area contributed by atoms with Crippen LogP contribution in [0.4, 0.5) is 0 Å². The average Bonchev–Trinajstić information content (AvgIpc) is 1.59. The molecule has 1 aliphatic carbocycles. The van der Waals surface area contributed by atoms with E-state index in [4.69, 9.17) is 38.7 Å². The SMILES string of the molecule is CC1(C)c2ccccc2-c2cc(-c3ccc4c(c3)oc3c(-c5nc(-c6ccccc6)nc(-c6cccc(-c7ccccc7)c6)n5)cc5ccccc5c34)ccc21.c1ccc(-c2cccc(-c3cccc4c3oc3c(-c5nc(-c6ccccc6)nc(-c6ccc(-c7ccc8ccccc8c7)cc6)n5)cc5ccccc5c34)c2)cc1. The largest absolute Gasteiger partial charge is 0.455 e. The lowest BCUT2D eigenvalue weighted by Gasteiger charge is -2.21. The van der Waals surface area contributed by atoms with E-state index in [-0.39, 0.29) is 5.41 Å². The fraction of sp³-hybridized carbons (Fsp3) is 0.0286. The Labute approximate surface area is 652 Å². The Kier molecular flexibility index (Phi) is 16.1. The Morgan fingerprint density at radius 3 is 1.20 bits per heavy atom. The molecule has 0 bridgehead atoms. The molecule has 0 aliphatic heterocycles. The van der Waals surface area contributed by atoms with E-state index in [1.165, 1.54) is 38.6 Å². The molecule has 21 aromatic rings. The first kappa shape index (κ1) is 66.4. The number of para-hydroxylation sites is 1. The van der Waals surface area contributed by atoms with Gasteiger partial charge in [0.25, 0.3) is 0 Å². The Hall–Kier alpha value is -14.9. The molecule has 0 unspecified atom stereocenters. The van der Waals surface area contributed by atoms with Gasteiger partial charge in [-0.15, -0.1) is 0 Å². The van der Waals surface area contributed by atoms with Crippen molar-refractivity contribution in [1.82, 2.24) is 29.9 Å². The van der Waals surface area contributed by atoms with Gasteiger partial charge >= 0.3 is 0 Å². The maximum Gasteiger partial charge on any atom is 0.167 e. The van der Waals surface area contributed by atoms with Crippen LogP contribution in [0.2, 0.25) is 0 Å². The molecule has 0 amide bonds. The van der Waals surface area contributed by atoms with E-state index in [2.05, 4.69) is 317 Å². The molecule has 113 heavy (non-hydrogen) atoms. The number of rotatable bonds is 11. The van der Waals surface area contributed by atoms with Gasteiger partial charge in [0.15, 0.2) is 34.9 Å². The Morgan fingerprint density at radius 1 is 0.195 bits per heavy atom. The molecule has 17 aromatic carbocycles. The van der Waals surface area contributed by atoms with Crippen LogP contribution in [0.3, 0.4) is 0 Å². The molecule has 530 valence electrons. The van der Waals surface area contributed by atoms with Gasteiger partial charge < -0.3 is 8.83 Å². The summed E-state index contributed by atoms with van der Waals surface area (Å²) in [7, 11) is 0. The predicted octanol–water partition coefficient (Wildman–Crippen LogP) is 27.6. The minimum atomic E-state index is -0.0371. The van der Waals surface area contributed by atoms with Crippen LogP contribution >= 0.6 is 0 Å². The van der Waals surface area contributed by atoms with E-state index in [0.29, 0.717) is 34.9 Å². The van der Waals surface area contributed by atoms with Gasteiger partial charge in [0.2, 0.25) is 0 Å². The zero-order valence-corrected chi connectivity index (χ0v) is 61.8. The molecule has 0 fully saturated rings. The highest BCUT2D eigenvalue weighted by Gasteiger charge is 2.35. The lowest BCUT2D eigenvalue weighted by atomic mass is 9.82. The highest BCUT2D eigenvalue weighted by atomic mass is 16.3. The van der Waals surface area contributed by atoms with Crippen LogP contribution in [0.25, 0.3) is 211 Å². The molecule has 8 heteroatoms. The first-order valence-electron chi connectivity index (χ1n) is 38.3. The van der Waals surface area contributed by atoms with E-state index in [9.17, 15) is 0 Å². The second kappa shape index (κ2) is 27.4. The third-order valence-corrected chi connectivity index (χ3v) is 22.4. The summed E-state index contributed by atoms with van der Waals surface area (Å²) < 4.78 is 14.0. The normalized spacial score (nSPS) is 12.2. The third-order valence-electron chi connectivity index (χ3n) is 22.4. The van der Waals surface area contributed by atoms with E-state index in [1.54, 1.807) is 0 Å². The molecular formula is C105H68N6O2. The van der Waals surface area contributed by atoms with Crippen molar-refractivity contribution in [2.75, 3.05) is 0 Å². The van der Waals surface area contributed by atoms with Crippen LogP contribution in [0, 0.1) is 0 Å². The van der Waals surface area contributed by atoms with Crippen molar-refractivity contribution in [1.29, 1.82) is 0 Å². The van der Waals surface area contributed by atoms with Gasteiger partial charge in [-0.2, -0.15) is 0 Å². The van der Waals surface area contributed by atoms with Crippen LogP contribution in [0.1, 0.15) is 25.0 Å². The lowest BCUT2D eigenvalue weighted by molar-refractivity contribution is 0.660. The summed E-state index contributed by atoms with van der Waals surface area (Å²) in [6.45, 7) is 4.64. The molecule has 0 spiro atoms. The van der Waals surface area contributed by atoms with Crippen molar-refractivity contribution >= 4 is 76.2 Å². The molecule has 4 aromatic heterocycles. The van der Waals surface area contributed by atoms with Crippen molar-refractivity contribution in [2.24, 2.45) is 0 Å². The topological polar surface area (TPSA) is 104 Å². The van der Waals surface area contributed by atoms with Gasteiger partial charge in [-0.25, -0.2) is 29.9 Å². The first-order valence-corrected chi connectivity index (χ1v) is 38.3. The van der Waals surface area contributed by atoms with Crippen molar-refractivity contribution in [3.05, 3.63) is 387 Å². The van der Waals surface area contributed by atoms with Gasteiger partial charge in [-0.05, 0) is 153 Å². The average molecular weight is 1450 g/mol. The predicted molar refractivity (Wildman–Crippen MR) is 464 cm³/mol. The number of hydrogen-bond donors (Lipinski definition) is 0. The molecule has 22 rings (SSSR count). The van der Waals surface area contributed by atoms with Crippen LogP contribution in [-0.4, -0.2) is 29.9 Å². The summed E-state index contributed by atoms with van der Waals surface area (Å²) in [5, 5.41) is 11.1. The Bertz CT molecular complexity index is 7320. The van der Waals surface area contributed by atoms with Crippen molar-refractivity contribution in [2.45, 2.75) is 19.3 Å². The van der Waals surface area contributed by atoms with E-state index in [1.807, 2.05) is 72.8 Å². The van der Waals surface area contributed by atoms with Crippen LogP contribution < -0.4 is 0 Å². The zero-order valence-electron chi connectivity index (χ0n) is 61.8. The second-order valence-electron chi connectivity index (χ2n) is 29.6. The summed E-state index contributed by atoms with van der Waals surface area (Å²) in [4.78, 5) is 30.9. The highest BCUT2D eigenvalue weighted by molar-refractivity contribution is 6.25. The number of fused-ring (bicyclic) bond motifs is 14. The molecule has 0 atom stereocenters. The molecular weight excluding hydrogens is 1380 g/mol. The fourth-order valence-corrected chi connectivity index (χ4v) is 16.7. The molecule has 8 nitrogen and oxygen atoms in total. The highest BCUT2D eigenvalue weighted by Crippen LogP contribution is 2.51. The maximum absolute atomic E-state index is 7.06. The summed E-state index contributed by atoms with van der Waals surface area (Å²) in [5.74, 6) is 3.53. The molecule has 0 saturated heterocycles. The first-order chi connectivity index (χ1) is 55.7. The summed E-state index contributed by atoms with van der Waals surface area (Å²) in [6, 6.07) is 132. The Morgan fingerprint density at radius 2 is 0.575 bits per heavy atom. The fourth-order valence-electron chi connectivity index (χ4n) is 16.7. The smallest absolute Gasteiger partial charge is 0.167 e. The monoisotopic (exact) mass is 1440 g/mol. The van der Waals surface area contributed by atoms with Crippen molar-refractivity contribution in [3.8, 4) is 135 Å². The van der Waals surface area contributed by atoms with Crippen molar-refractivity contribution in [3.63, 3.8) is 0 Å². The number of benzene rings is 17. The standard InChI is InChI=1S/C53H33N3O.C52H35N3O/c1-3-13-34(14-4-1)40-20-11-21-42(32-40)45-23-12-24-46-48-44-22-10-9-19-43(44)33-47(50(48)57-49(45)46)53-55-51(37-16-5-2-6-17-37)54-52(56-53)38-28-25-36(26-29-38)41-30-27-35-15-7-8-18-39(35)31-41;1-52(2)44-23-12-11-22-40(44)42-29-35(25-27-45(42)52)36-24-26-41-46(31-36)56-48-43(30-37-18-9-10-21-39(37)47(41)48)51-54-49(33-16-7-4-8-17-33)53-50(55-51)38-20-13-19-34(28-38)32-14-5-3-6-15-32/h1-33H;3-31H,1-2H3. The van der Waals surface area contributed by atoms with E-state index >= 15 is 0 Å². The van der Waals surface area contributed by atoms with Crippen LogP contribution in [-0.2, 0) is 5.41 Å². The summed E-state index contributed by atoms with van der Waals surface area (Å²) in [5.41, 5.74) is 25.0. The van der Waals surface area contributed by atoms with E-state index in [0.717, 1.165) is 149 Å². The second-order valence-corrected chi connectivity index (χ2v) is 29.6. The summed E-state index contributed by atoms with van der Waals surface area (Å²) in [6.07, 6.45) is 0. The minimum absolute atomic E-state index is 0.0371.